The van der Waals surface area contributed by atoms with Gasteiger partial charge in [0.1, 0.15) is 6.33 Å². The van der Waals surface area contributed by atoms with Gasteiger partial charge in [-0.05, 0) is 30.7 Å². The standard InChI is InChI=1S/C19H22N4O/c1-2-18(24)13-22(16-9-5-3-6-10-16)14-19-20-15-23(21-19)17-11-7-4-8-12-17/h3-12,15,18,24H,2,13-14H2,1H3. The molecule has 5 heteroatoms. The van der Waals surface area contributed by atoms with Crippen LogP contribution >= 0.6 is 0 Å². The Morgan fingerprint density at radius 2 is 1.71 bits per heavy atom. The van der Waals surface area contributed by atoms with E-state index in [-0.39, 0.29) is 6.10 Å². The first-order chi connectivity index (χ1) is 11.8. The zero-order valence-electron chi connectivity index (χ0n) is 13.8. The fourth-order valence-corrected chi connectivity index (χ4v) is 2.53. The summed E-state index contributed by atoms with van der Waals surface area (Å²) in [5.74, 6) is 0.728. The van der Waals surface area contributed by atoms with Crippen molar-refractivity contribution >= 4 is 5.69 Å². The number of aliphatic hydroxyl groups is 1. The highest BCUT2D eigenvalue weighted by Crippen LogP contribution is 2.17. The summed E-state index contributed by atoms with van der Waals surface area (Å²) in [5.41, 5.74) is 2.04. The minimum Gasteiger partial charge on any atom is -0.391 e. The lowest BCUT2D eigenvalue weighted by atomic mass is 10.2. The average Bonchev–Trinajstić information content (AvgIpc) is 3.11. The second kappa shape index (κ2) is 7.75. The van der Waals surface area contributed by atoms with E-state index in [1.807, 2.05) is 67.6 Å². The van der Waals surface area contributed by atoms with Crippen LogP contribution in [0.3, 0.4) is 0 Å². The van der Waals surface area contributed by atoms with Gasteiger partial charge in [0.25, 0.3) is 0 Å². The van der Waals surface area contributed by atoms with E-state index in [9.17, 15) is 5.11 Å². The van der Waals surface area contributed by atoms with Crippen LogP contribution in [0.2, 0.25) is 0 Å². The Bertz CT molecular complexity index is 742. The number of aliphatic hydroxyl groups excluding tert-OH is 1. The Hall–Kier alpha value is -2.66. The molecule has 0 radical (unpaired) electrons. The van der Waals surface area contributed by atoms with Crippen molar-refractivity contribution in [3.05, 3.63) is 72.8 Å². The number of nitrogens with zero attached hydrogens (tertiary/aromatic N) is 4. The first-order valence-corrected chi connectivity index (χ1v) is 8.20. The molecule has 1 unspecified atom stereocenters. The summed E-state index contributed by atoms with van der Waals surface area (Å²) in [7, 11) is 0. The topological polar surface area (TPSA) is 54.2 Å². The van der Waals surface area contributed by atoms with Crippen molar-refractivity contribution in [1.29, 1.82) is 0 Å². The molecule has 0 fully saturated rings. The van der Waals surface area contributed by atoms with Crippen molar-refractivity contribution in [1.82, 2.24) is 14.8 Å². The number of hydrogen-bond donors (Lipinski definition) is 1. The number of aromatic nitrogens is 3. The molecule has 0 saturated carbocycles. The third-order valence-electron chi connectivity index (χ3n) is 3.92. The van der Waals surface area contributed by atoms with Crippen LogP contribution in [0.1, 0.15) is 19.2 Å². The number of anilines is 1. The van der Waals surface area contributed by atoms with Gasteiger partial charge in [-0.25, -0.2) is 9.67 Å². The van der Waals surface area contributed by atoms with Gasteiger partial charge in [0.15, 0.2) is 5.82 Å². The number of rotatable bonds is 7. The largest absolute Gasteiger partial charge is 0.391 e. The van der Waals surface area contributed by atoms with Crippen LogP contribution in [0.5, 0.6) is 0 Å². The van der Waals surface area contributed by atoms with Crippen molar-refractivity contribution in [3.8, 4) is 5.69 Å². The molecule has 0 aliphatic heterocycles. The van der Waals surface area contributed by atoms with Gasteiger partial charge in [0, 0.05) is 12.2 Å². The molecule has 5 nitrogen and oxygen atoms in total. The maximum atomic E-state index is 10.1. The van der Waals surface area contributed by atoms with Gasteiger partial charge in [-0.2, -0.15) is 0 Å². The molecule has 0 amide bonds. The van der Waals surface area contributed by atoms with Crippen LogP contribution in [0.15, 0.2) is 67.0 Å². The smallest absolute Gasteiger partial charge is 0.170 e. The normalized spacial score (nSPS) is 12.1. The zero-order chi connectivity index (χ0) is 16.8. The molecule has 0 saturated heterocycles. The van der Waals surface area contributed by atoms with Crippen LogP contribution in [0.25, 0.3) is 5.69 Å². The molecule has 1 N–H and O–H groups in total. The van der Waals surface area contributed by atoms with Crippen LogP contribution < -0.4 is 4.90 Å². The first kappa shape index (κ1) is 16.2. The molecule has 0 spiro atoms. The maximum Gasteiger partial charge on any atom is 0.170 e. The zero-order valence-corrected chi connectivity index (χ0v) is 13.8. The van der Waals surface area contributed by atoms with Crippen LogP contribution in [0, 0.1) is 0 Å². The van der Waals surface area contributed by atoms with Crippen LogP contribution in [-0.4, -0.2) is 32.5 Å². The fraction of sp³-hybridized carbons (Fsp3) is 0.263. The Kier molecular flexibility index (Phi) is 5.23. The predicted octanol–water partition coefficient (Wildman–Crippen LogP) is 3.04. The van der Waals surface area contributed by atoms with Gasteiger partial charge in [-0.15, -0.1) is 5.10 Å². The third-order valence-corrected chi connectivity index (χ3v) is 3.92. The summed E-state index contributed by atoms with van der Waals surface area (Å²) >= 11 is 0. The SMILES string of the molecule is CCC(O)CN(Cc1ncn(-c2ccccc2)n1)c1ccccc1. The van der Waals surface area contributed by atoms with Gasteiger partial charge in [-0.3, -0.25) is 0 Å². The Balaban J connectivity index is 1.79. The monoisotopic (exact) mass is 322 g/mol. The molecule has 24 heavy (non-hydrogen) atoms. The van der Waals surface area contributed by atoms with Crippen molar-refractivity contribution in [3.63, 3.8) is 0 Å². The minimum absolute atomic E-state index is 0.374. The molecular formula is C19H22N4O. The fourth-order valence-electron chi connectivity index (χ4n) is 2.53. The van der Waals surface area contributed by atoms with E-state index in [0.717, 1.165) is 23.6 Å². The van der Waals surface area contributed by atoms with E-state index in [4.69, 9.17) is 0 Å². The molecule has 0 bridgehead atoms. The average molecular weight is 322 g/mol. The lowest BCUT2D eigenvalue weighted by Crippen LogP contribution is -2.32. The summed E-state index contributed by atoms with van der Waals surface area (Å²) in [6.45, 7) is 3.09. The summed E-state index contributed by atoms with van der Waals surface area (Å²) in [6.07, 6.45) is 2.07. The molecule has 2 aromatic carbocycles. The third kappa shape index (κ3) is 4.00. The molecular weight excluding hydrogens is 300 g/mol. The van der Waals surface area contributed by atoms with Gasteiger partial charge in [-0.1, -0.05) is 43.3 Å². The first-order valence-electron chi connectivity index (χ1n) is 8.20. The van der Waals surface area contributed by atoms with Crippen LogP contribution in [-0.2, 0) is 6.54 Å². The highest BCUT2D eigenvalue weighted by molar-refractivity contribution is 5.46. The van der Waals surface area contributed by atoms with E-state index >= 15 is 0 Å². The van der Waals surface area contributed by atoms with Gasteiger partial charge >= 0.3 is 0 Å². The lowest BCUT2D eigenvalue weighted by Gasteiger charge is -2.25. The summed E-state index contributed by atoms with van der Waals surface area (Å²) in [4.78, 5) is 6.53. The Morgan fingerprint density at radius 3 is 2.38 bits per heavy atom. The highest BCUT2D eigenvalue weighted by atomic mass is 16.3. The molecule has 3 aromatic rings. The van der Waals surface area contributed by atoms with Crippen molar-refractivity contribution in [2.75, 3.05) is 11.4 Å². The molecule has 124 valence electrons. The number of benzene rings is 2. The summed E-state index contributed by atoms with van der Waals surface area (Å²) in [5, 5.41) is 14.6. The van der Waals surface area contributed by atoms with Crippen molar-refractivity contribution < 1.29 is 5.11 Å². The molecule has 1 aromatic heterocycles. The molecule has 0 aliphatic carbocycles. The maximum absolute atomic E-state index is 10.1. The van der Waals surface area contributed by atoms with Gasteiger partial charge < -0.3 is 10.0 Å². The Labute approximate surface area is 142 Å². The van der Waals surface area contributed by atoms with Gasteiger partial charge in [0.05, 0.1) is 18.3 Å². The van der Waals surface area contributed by atoms with Crippen LogP contribution in [0.4, 0.5) is 5.69 Å². The number of para-hydroxylation sites is 2. The predicted molar refractivity (Wildman–Crippen MR) is 95.1 cm³/mol. The summed E-state index contributed by atoms with van der Waals surface area (Å²) < 4.78 is 1.77. The highest BCUT2D eigenvalue weighted by Gasteiger charge is 2.14. The second-order valence-corrected chi connectivity index (χ2v) is 5.72. The van der Waals surface area contributed by atoms with E-state index in [0.29, 0.717) is 13.1 Å². The second-order valence-electron chi connectivity index (χ2n) is 5.72. The summed E-state index contributed by atoms with van der Waals surface area (Å²) in [6, 6.07) is 20.0. The van der Waals surface area contributed by atoms with Crippen molar-refractivity contribution in [2.45, 2.75) is 26.0 Å². The molecule has 0 aliphatic rings. The van der Waals surface area contributed by atoms with E-state index in [1.54, 1.807) is 11.0 Å². The van der Waals surface area contributed by atoms with Gasteiger partial charge in [0.2, 0.25) is 0 Å². The van der Waals surface area contributed by atoms with E-state index < -0.39 is 0 Å². The quantitative estimate of drug-likeness (QED) is 0.726. The van der Waals surface area contributed by atoms with E-state index in [1.165, 1.54) is 0 Å². The Morgan fingerprint density at radius 1 is 1.04 bits per heavy atom. The molecule has 1 atom stereocenters. The molecule has 1 heterocycles. The van der Waals surface area contributed by atoms with E-state index in [2.05, 4.69) is 15.0 Å². The lowest BCUT2D eigenvalue weighted by molar-refractivity contribution is 0.175. The number of hydrogen-bond acceptors (Lipinski definition) is 4. The minimum atomic E-state index is -0.374. The molecule has 3 rings (SSSR count). The van der Waals surface area contributed by atoms with Crippen molar-refractivity contribution in [2.24, 2.45) is 0 Å².